The van der Waals surface area contributed by atoms with Gasteiger partial charge in [-0.25, -0.2) is 22.1 Å². The summed E-state index contributed by atoms with van der Waals surface area (Å²) in [5.74, 6) is -0.447. The molecule has 0 aliphatic carbocycles. The first-order valence-corrected chi connectivity index (χ1v) is 13.1. The van der Waals surface area contributed by atoms with E-state index in [1.165, 1.54) is 23.5 Å². The second-order valence-electron chi connectivity index (χ2n) is 8.39. The van der Waals surface area contributed by atoms with Crippen molar-refractivity contribution in [3.63, 3.8) is 0 Å². The number of rotatable bonds is 10. The molecule has 0 radical (unpaired) electrons. The molecule has 0 unspecified atom stereocenters. The van der Waals surface area contributed by atoms with Crippen LogP contribution >= 0.6 is 0 Å². The Bertz CT molecular complexity index is 1390. The fourth-order valence-corrected chi connectivity index (χ4v) is 4.27. The molecular formula is C26H28FN5O3S. The van der Waals surface area contributed by atoms with E-state index in [0.717, 1.165) is 11.8 Å². The molecule has 2 N–H and O–H groups in total. The van der Waals surface area contributed by atoms with Crippen molar-refractivity contribution >= 4 is 21.7 Å². The van der Waals surface area contributed by atoms with Gasteiger partial charge < -0.3 is 10.6 Å². The van der Waals surface area contributed by atoms with Crippen molar-refractivity contribution < 1.29 is 17.6 Å². The summed E-state index contributed by atoms with van der Waals surface area (Å²) in [5, 5.41) is 15.4. The van der Waals surface area contributed by atoms with Gasteiger partial charge in [0.2, 0.25) is 10.0 Å². The largest absolute Gasteiger partial charge is 0.369 e. The number of halogens is 1. The highest BCUT2D eigenvalue weighted by Crippen LogP contribution is 2.25. The van der Waals surface area contributed by atoms with Gasteiger partial charge in [0.15, 0.2) is 0 Å². The number of hydrogen-bond acceptors (Lipinski definition) is 6. The third-order valence-corrected chi connectivity index (χ3v) is 7.17. The third-order valence-electron chi connectivity index (χ3n) is 5.76. The standard InChI is InChI=1S/C26H28FN5O3S/c1-18(32(2)36(3,34)35)17-30-26(33)23-11-12-24(22-10-5-4-8-20(22)16-28)31-25(23)29-14-13-19-7-6-9-21(27)15-19/h4-12,15,18H,13-14,17H2,1-3H3,(H,29,31)(H,30,33)/t18-/m0/s1. The molecule has 188 valence electrons. The molecule has 1 aromatic heterocycles. The number of carbonyl (C=O) groups excluding carboxylic acids is 1. The van der Waals surface area contributed by atoms with Crippen molar-refractivity contribution in [3.05, 3.63) is 83.2 Å². The molecule has 10 heteroatoms. The van der Waals surface area contributed by atoms with Gasteiger partial charge in [-0.2, -0.15) is 5.26 Å². The topological polar surface area (TPSA) is 115 Å². The van der Waals surface area contributed by atoms with E-state index in [1.54, 1.807) is 49.4 Å². The number of likely N-dealkylation sites (N-methyl/N-ethyl adjacent to an activating group) is 1. The van der Waals surface area contributed by atoms with Crippen LogP contribution in [0.4, 0.5) is 10.2 Å². The van der Waals surface area contributed by atoms with Crippen molar-refractivity contribution in [2.45, 2.75) is 19.4 Å². The predicted octanol–water partition coefficient (Wildman–Crippen LogP) is 3.42. The van der Waals surface area contributed by atoms with Gasteiger partial charge in [-0.05, 0) is 49.2 Å². The molecule has 0 aliphatic heterocycles. The Morgan fingerprint density at radius 1 is 1.17 bits per heavy atom. The zero-order valence-corrected chi connectivity index (χ0v) is 21.1. The Hall–Kier alpha value is -3.81. The highest BCUT2D eigenvalue weighted by molar-refractivity contribution is 7.88. The van der Waals surface area contributed by atoms with E-state index in [0.29, 0.717) is 35.6 Å². The summed E-state index contributed by atoms with van der Waals surface area (Å²) >= 11 is 0. The molecule has 0 fully saturated rings. The van der Waals surface area contributed by atoms with Gasteiger partial charge >= 0.3 is 0 Å². The van der Waals surface area contributed by atoms with Crippen LogP contribution in [0, 0.1) is 17.1 Å². The lowest BCUT2D eigenvalue weighted by Gasteiger charge is -2.23. The Morgan fingerprint density at radius 2 is 1.92 bits per heavy atom. The Balaban J connectivity index is 1.85. The number of carbonyl (C=O) groups is 1. The van der Waals surface area contributed by atoms with Crippen LogP contribution in [0.25, 0.3) is 11.3 Å². The molecule has 0 saturated carbocycles. The molecule has 1 atom stereocenters. The number of hydrogen-bond donors (Lipinski definition) is 2. The van der Waals surface area contributed by atoms with Gasteiger partial charge in [-0.15, -0.1) is 0 Å². The number of anilines is 1. The third kappa shape index (κ3) is 6.87. The van der Waals surface area contributed by atoms with Gasteiger partial charge in [0.25, 0.3) is 5.91 Å². The Labute approximate surface area is 210 Å². The zero-order valence-electron chi connectivity index (χ0n) is 20.3. The van der Waals surface area contributed by atoms with E-state index in [-0.39, 0.29) is 17.9 Å². The van der Waals surface area contributed by atoms with E-state index in [9.17, 15) is 22.9 Å². The molecule has 0 spiro atoms. The summed E-state index contributed by atoms with van der Waals surface area (Å²) in [6.45, 7) is 2.18. The van der Waals surface area contributed by atoms with Crippen LogP contribution < -0.4 is 10.6 Å². The van der Waals surface area contributed by atoms with Crippen LogP contribution in [0.2, 0.25) is 0 Å². The lowest BCUT2D eigenvalue weighted by atomic mass is 10.0. The number of amides is 1. The molecular weight excluding hydrogens is 481 g/mol. The van der Waals surface area contributed by atoms with Crippen LogP contribution in [0.3, 0.4) is 0 Å². The van der Waals surface area contributed by atoms with Crippen molar-refractivity contribution in [3.8, 4) is 17.3 Å². The van der Waals surface area contributed by atoms with Crippen LogP contribution in [-0.4, -0.2) is 56.0 Å². The first-order chi connectivity index (χ1) is 17.1. The highest BCUT2D eigenvalue weighted by atomic mass is 32.2. The fourth-order valence-electron chi connectivity index (χ4n) is 3.54. The lowest BCUT2D eigenvalue weighted by Crippen LogP contribution is -2.42. The summed E-state index contributed by atoms with van der Waals surface area (Å²) in [6, 6.07) is 18.3. The van der Waals surface area contributed by atoms with Gasteiger partial charge in [-0.3, -0.25) is 4.79 Å². The minimum atomic E-state index is -3.40. The number of nitrogens with zero attached hydrogens (tertiary/aromatic N) is 3. The van der Waals surface area contributed by atoms with E-state index in [2.05, 4.69) is 21.7 Å². The van der Waals surface area contributed by atoms with Gasteiger partial charge in [0.05, 0.1) is 29.1 Å². The first-order valence-electron chi connectivity index (χ1n) is 11.3. The number of sulfonamides is 1. The summed E-state index contributed by atoms with van der Waals surface area (Å²) in [6.07, 6.45) is 1.60. The summed E-state index contributed by atoms with van der Waals surface area (Å²) in [5.41, 5.74) is 2.65. The molecule has 1 amide bonds. The first kappa shape index (κ1) is 26.8. The monoisotopic (exact) mass is 509 g/mol. The lowest BCUT2D eigenvalue weighted by molar-refractivity contribution is 0.0947. The van der Waals surface area contributed by atoms with Crippen LogP contribution in [0.5, 0.6) is 0 Å². The molecule has 2 aromatic carbocycles. The Kier molecular flexibility index (Phi) is 8.74. The Morgan fingerprint density at radius 3 is 2.61 bits per heavy atom. The predicted molar refractivity (Wildman–Crippen MR) is 137 cm³/mol. The minimum Gasteiger partial charge on any atom is -0.369 e. The fraction of sp³-hybridized carbons (Fsp3) is 0.269. The second kappa shape index (κ2) is 11.7. The van der Waals surface area contributed by atoms with Gasteiger partial charge in [0.1, 0.15) is 11.6 Å². The summed E-state index contributed by atoms with van der Waals surface area (Å²) in [7, 11) is -1.95. The number of benzene rings is 2. The zero-order chi connectivity index (χ0) is 26.3. The number of nitrogens with one attached hydrogen (secondary N) is 2. The molecule has 8 nitrogen and oxygen atoms in total. The average Bonchev–Trinajstić information content (AvgIpc) is 2.86. The highest BCUT2D eigenvalue weighted by Gasteiger charge is 2.21. The van der Waals surface area contributed by atoms with E-state index in [1.807, 2.05) is 6.07 Å². The molecule has 36 heavy (non-hydrogen) atoms. The van der Waals surface area contributed by atoms with Crippen molar-refractivity contribution in [2.24, 2.45) is 0 Å². The quantitative estimate of drug-likeness (QED) is 0.433. The van der Waals surface area contributed by atoms with E-state index in [4.69, 9.17) is 0 Å². The summed E-state index contributed by atoms with van der Waals surface area (Å²) in [4.78, 5) is 17.6. The maximum absolute atomic E-state index is 13.5. The van der Waals surface area contributed by atoms with Crippen LogP contribution in [0.15, 0.2) is 60.7 Å². The summed E-state index contributed by atoms with van der Waals surface area (Å²) < 4.78 is 38.3. The average molecular weight is 510 g/mol. The maximum atomic E-state index is 13.5. The smallest absolute Gasteiger partial charge is 0.255 e. The maximum Gasteiger partial charge on any atom is 0.255 e. The number of aromatic nitrogens is 1. The van der Waals surface area contributed by atoms with E-state index < -0.39 is 22.0 Å². The van der Waals surface area contributed by atoms with Crippen molar-refractivity contribution in [2.75, 3.05) is 31.7 Å². The normalized spacial score (nSPS) is 12.1. The molecule has 0 aliphatic rings. The number of nitriles is 1. The van der Waals surface area contributed by atoms with Crippen molar-refractivity contribution in [1.29, 1.82) is 5.26 Å². The van der Waals surface area contributed by atoms with Crippen molar-refractivity contribution in [1.82, 2.24) is 14.6 Å². The molecule has 3 aromatic rings. The molecule has 3 rings (SSSR count). The minimum absolute atomic E-state index is 0.101. The van der Waals surface area contributed by atoms with Crippen LogP contribution in [-0.2, 0) is 16.4 Å². The van der Waals surface area contributed by atoms with Gasteiger partial charge in [-0.1, -0.05) is 30.3 Å². The van der Waals surface area contributed by atoms with Gasteiger partial charge in [0, 0.05) is 31.7 Å². The molecule has 1 heterocycles. The van der Waals surface area contributed by atoms with Crippen LogP contribution in [0.1, 0.15) is 28.4 Å². The van der Waals surface area contributed by atoms with E-state index >= 15 is 0 Å². The second-order valence-corrected chi connectivity index (χ2v) is 10.4. The molecule has 0 saturated heterocycles. The number of pyridine rings is 1. The molecule has 0 bridgehead atoms. The SMILES string of the molecule is C[C@@H](CNC(=O)c1ccc(-c2ccccc2C#N)nc1NCCc1cccc(F)c1)N(C)S(C)(=O)=O.